The number of hydrogen-bond donors (Lipinski definition) is 0. The Labute approximate surface area is 140 Å². The number of thiazole rings is 1. The van der Waals surface area contributed by atoms with E-state index in [9.17, 15) is 4.79 Å². The number of rotatable bonds is 4. The number of amides is 1. The van der Waals surface area contributed by atoms with Gasteiger partial charge in [-0.3, -0.25) is 4.79 Å². The molecule has 0 bridgehead atoms. The average molecular weight is 346 g/mol. The smallest absolute Gasteiger partial charge is 0.280 e. The Morgan fingerprint density at radius 3 is 2.96 bits per heavy atom. The van der Waals surface area contributed by atoms with Gasteiger partial charge in [0.05, 0.1) is 11.3 Å². The molecule has 2 heterocycles. The van der Waals surface area contributed by atoms with Crippen molar-refractivity contribution >= 4 is 29.0 Å². The minimum atomic E-state index is -0.257. The highest BCUT2D eigenvalue weighted by Gasteiger charge is 2.12. The van der Waals surface area contributed by atoms with E-state index in [4.69, 9.17) is 4.52 Å². The van der Waals surface area contributed by atoms with E-state index in [0.717, 1.165) is 4.90 Å². The normalized spacial score (nSPS) is 11.8. The predicted octanol–water partition coefficient (Wildman–Crippen LogP) is 2.81. The number of thioether (sulfide) groups is 1. The van der Waals surface area contributed by atoms with E-state index < -0.39 is 0 Å². The number of nitrogens with zero attached hydrogens (tertiary/aromatic N) is 4. The summed E-state index contributed by atoms with van der Waals surface area (Å²) in [6.45, 7) is 1.77. The first-order valence-corrected chi connectivity index (χ1v) is 8.70. The van der Waals surface area contributed by atoms with Gasteiger partial charge in [-0.1, -0.05) is 17.3 Å². The molecule has 1 amide bonds. The summed E-state index contributed by atoms with van der Waals surface area (Å²) in [6.07, 6.45) is 1.87. The summed E-state index contributed by atoms with van der Waals surface area (Å²) in [4.78, 5) is 22.3. The summed E-state index contributed by atoms with van der Waals surface area (Å²) >= 11 is 2.90. The largest absolute Gasteiger partial charge is 0.338 e. The van der Waals surface area contributed by atoms with Gasteiger partial charge in [-0.05, 0) is 19.1 Å². The molecule has 0 aliphatic heterocycles. The quantitative estimate of drug-likeness (QED) is 0.679. The Morgan fingerprint density at radius 2 is 2.26 bits per heavy atom. The van der Waals surface area contributed by atoms with Gasteiger partial charge in [0.25, 0.3) is 5.91 Å². The molecule has 0 radical (unpaired) electrons. The van der Waals surface area contributed by atoms with Crippen molar-refractivity contribution in [2.24, 2.45) is 12.0 Å². The lowest BCUT2D eigenvalue weighted by Gasteiger charge is -2.04. The van der Waals surface area contributed by atoms with Gasteiger partial charge >= 0.3 is 0 Å². The van der Waals surface area contributed by atoms with E-state index in [-0.39, 0.29) is 5.91 Å². The maximum absolute atomic E-state index is 12.5. The molecule has 0 saturated carbocycles. The SMILES string of the molecule is Cc1noc(CSc2ccccc2C(=O)N=c2sccn2C)n1. The van der Waals surface area contributed by atoms with Crippen LogP contribution in [0.2, 0.25) is 0 Å². The Kier molecular flexibility index (Phi) is 4.73. The van der Waals surface area contributed by atoms with Gasteiger partial charge in [0.1, 0.15) is 0 Å². The fourth-order valence-corrected chi connectivity index (χ4v) is 3.50. The fourth-order valence-electron chi connectivity index (χ4n) is 1.89. The Morgan fingerprint density at radius 1 is 1.43 bits per heavy atom. The van der Waals surface area contributed by atoms with Crippen molar-refractivity contribution in [2.45, 2.75) is 17.6 Å². The van der Waals surface area contributed by atoms with E-state index in [1.807, 2.05) is 41.4 Å². The van der Waals surface area contributed by atoms with E-state index in [1.165, 1.54) is 23.1 Å². The van der Waals surface area contributed by atoms with Crippen molar-refractivity contribution in [3.05, 3.63) is 57.9 Å². The zero-order valence-corrected chi connectivity index (χ0v) is 14.2. The van der Waals surface area contributed by atoms with Crippen molar-refractivity contribution < 1.29 is 9.32 Å². The molecule has 3 rings (SSSR count). The fraction of sp³-hybridized carbons (Fsp3) is 0.200. The maximum Gasteiger partial charge on any atom is 0.280 e. The van der Waals surface area contributed by atoms with Crippen LogP contribution in [0, 0.1) is 6.92 Å². The molecular weight excluding hydrogens is 332 g/mol. The van der Waals surface area contributed by atoms with Crippen molar-refractivity contribution in [3.8, 4) is 0 Å². The average Bonchev–Trinajstić information content (AvgIpc) is 3.14. The molecule has 23 heavy (non-hydrogen) atoms. The van der Waals surface area contributed by atoms with Crippen LogP contribution in [0.15, 0.2) is 50.3 Å². The van der Waals surface area contributed by atoms with Crippen LogP contribution in [0.25, 0.3) is 0 Å². The van der Waals surface area contributed by atoms with Gasteiger partial charge in [-0.2, -0.15) is 9.98 Å². The van der Waals surface area contributed by atoms with Crippen molar-refractivity contribution in [3.63, 3.8) is 0 Å². The Bertz CT molecular complexity index is 895. The number of aromatic nitrogens is 3. The molecule has 0 atom stereocenters. The number of carbonyl (C=O) groups excluding carboxylic acids is 1. The standard InChI is InChI=1S/C15H14N4O2S2/c1-10-16-13(21-18-10)9-23-12-6-4-3-5-11(12)14(20)17-15-19(2)7-8-22-15/h3-8H,9H2,1-2H3. The number of carbonyl (C=O) groups is 1. The van der Waals surface area contributed by atoms with Gasteiger partial charge in [0.15, 0.2) is 10.6 Å². The zero-order chi connectivity index (χ0) is 16.2. The molecule has 2 aromatic heterocycles. The Balaban J connectivity index is 1.83. The van der Waals surface area contributed by atoms with Crippen molar-refractivity contribution in [1.82, 2.24) is 14.7 Å². The van der Waals surface area contributed by atoms with Crippen LogP contribution in [0.1, 0.15) is 22.1 Å². The molecular formula is C15H14N4O2S2. The summed E-state index contributed by atoms with van der Waals surface area (Å²) in [5.41, 5.74) is 0.571. The van der Waals surface area contributed by atoms with Crippen LogP contribution in [0.3, 0.4) is 0 Å². The van der Waals surface area contributed by atoms with E-state index in [0.29, 0.717) is 27.8 Å². The molecule has 6 nitrogen and oxygen atoms in total. The van der Waals surface area contributed by atoms with Crippen LogP contribution in [0.4, 0.5) is 0 Å². The van der Waals surface area contributed by atoms with Gasteiger partial charge < -0.3 is 9.09 Å². The third kappa shape index (κ3) is 3.77. The van der Waals surface area contributed by atoms with Gasteiger partial charge in [0.2, 0.25) is 5.89 Å². The first-order chi connectivity index (χ1) is 11.1. The summed E-state index contributed by atoms with van der Waals surface area (Å²) in [7, 11) is 1.86. The van der Waals surface area contributed by atoms with E-state index in [2.05, 4.69) is 15.1 Å². The third-order valence-electron chi connectivity index (χ3n) is 3.00. The van der Waals surface area contributed by atoms with Crippen LogP contribution in [-0.4, -0.2) is 20.6 Å². The summed E-state index contributed by atoms with van der Waals surface area (Å²) in [5.74, 6) is 1.40. The highest BCUT2D eigenvalue weighted by Crippen LogP contribution is 2.26. The highest BCUT2D eigenvalue weighted by molar-refractivity contribution is 7.98. The topological polar surface area (TPSA) is 73.3 Å². The van der Waals surface area contributed by atoms with Crippen LogP contribution in [0.5, 0.6) is 0 Å². The first kappa shape index (κ1) is 15.7. The molecule has 3 aromatic rings. The van der Waals surface area contributed by atoms with E-state index in [1.54, 1.807) is 13.0 Å². The number of benzene rings is 1. The monoisotopic (exact) mass is 346 g/mol. The van der Waals surface area contributed by atoms with Crippen LogP contribution in [-0.2, 0) is 12.8 Å². The second kappa shape index (κ2) is 6.93. The number of aryl methyl sites for hydroxylation is 2. The molecule has 118 valence electrons. The van der Waals surface area contributed by atoms with E-state index >= 15 is 0 Å². The van der Waals surface area contributed by atoms with Gasteiger partial charge in [0, 0.05) is 23.5 Å². The lowest BCUT2D eigenvalue weighted by atomic mass is 10.2. The van der Waals surface area contributed by atoms with Crippen LogP contribution < -0.4 is 4.80 Å². The third-order valence-corrected chi connectivity index (χ3v) is 4.90. The predicted molar refractivity (Wildman–Crippen MR) is 88.2 cm³/mol. The molecule has 1 aromatic carbocycles. The molecule has 0 spiro atoms. The summed E-state index contributed by atoms with van der Waals surface area (Å²) < 4.78 is 6.91. The van der Waals surface area contributed by atoms with Gasteiger partial charge in [-0.25, -0.2) is 0 Å². The molecule has 0 aliphatic carbocycles. The molecule has 0 aliphatic rings. The maximum atomic E-state index is 12.5. The minimum absolute atomic E-state index is 0.257. The molecule has 0 unspecified atom stereocenters. The molecule has 0 fully saturated rings. The first-order valence-electron chi connectivity index (χ1n) is 6.83. The molecule has 0 saturated heterocycles. The lowest BCUT2D eigenvalue weighted by molar-refractivity contribution is 0.0995. The summed E-state index contributed by atoms with van der Waals surface area (Å²) in [6, 6.07) is 7.40. The lowest BCUT2D eigenvalue weighted by Crippen LogP contribution is -2.13. The number of hydrogen-bond acceptors (Lipinski definition) is 6. The second-order valence-corrected chi connectivity index (χ2v) is 6.62. The van der Waals surface area contributed by atoms with Crippen molar-refractivity contribution in [2.75, 3.05) is 0 Å². The van der Waals surface area contributed by atoms with Crippen molar-refractivity contribution in [1.29, 1.82) is 0 Å². The highest BCUT2D eigenvalue weighted by atomic mass is 32.2. The summed E-state index contributed by atoms with van der Waals surface area (Å²) in [5, 5.41) is 5.65. The molecule has 0 N–H and O–H groups in total. The zero-order valence-electron chi connectivity index (χ0n) is 12.6. The van der Waals surface area contributed by atoms with Crippen LogP contribution >= 0.6 is 23.1 Å². The Hall–Kier alpha value is -2.19. The minimum Gasteiger partial charge on any atom is -0.338 e. The molecule has 8 heteroatoms. The second-order valence-electron chi connectivity index (χ2n) is 4.73. The van der Waals surface area contributed by atoms with Gasteiger partial charge in [-0.15, -0.1) is 23.1 Å².